The maximum Gasteiger partial charge on any atom is 0.286 e. The second-order valence-corrected chi connectivity index (χ2v) is 7.00. The van der Waals surface area contributed by atoms with E-state index in [9.17, 15) is 4.79 Å². The number of carbonyl (C=O) groups is 1. The summed E-state index contributed by atoms with van der Waals surface area (Å²) >= 11 is 7.35. The van der Waals surface area contributed by atoms with Gasteiger partial charge in [0.2, 0.25) is 0 Å². The van der Waals surface area contributed by atoms with Crippen LogP contribution in [-0.2, 0) is 4.79 Å². The second-order valence-electron chi connectivity index (χ2n) is 5.56. The van der Waals surface area contributed by atoms with Crippen LogP contribution in [0.15, 0.2) is 34.2 Å². The maximum atomic E-state index is 12.1. The quantitative estimate of drug-likeness (QED) is 0.732. The van der Waals surface area contributed by atoms with Gasteiger partial charge < -0.3 is 4.90 Å². The monoisotopic (exact) mass is 320 g/mol. The standard InChI is InChI=1S/C16H17ClN2OS/c1-11-3-2-8-19(10-11)16-18-15(20)14(21-16)9-12-4-6-13(17)7-5-12/h4-7,9,11H,2-3,8,10H2,1H3/b14-9-/t11-/m0/s1. The Morgan fingerprint density at radius 2 is 2.14 bits per heavy atom. The molecule has 1 saturated heterocycles. The van der Waals surface area contributed by atoms with Crippen molar-refractivity contribution in [2.24, 2.45) is 10.9 Å². The maximum absolute atomic E-state index is 12.1. The minimum absolute atomic E-state index is 0.136. The van der Waals surface area contributed by atoms with E-state index in [1.54, 1.807) is 0 Å². The Bertz CT molecular complexity index is 609. The fourth-order valence-electron chi connectivity index (χ4n) is 2.61. The number of hydrogen-bond acceptors (Lipinski definition) is 3. The summed E-state index contributed by atoms with van der Waals surface area (Å²) in [4.78, 5) is 19.2. The molecule has 3 nitrogen and oxygen atoms in total. The third kappa shape index (κ3) is 3.50. The van der Waals surface area contributed by atoms with Gasteiger partial charge in [0.1, 0.15) is 0 Å². The highest BCUT2D eigenvalue weighted by Gasteiger charge is 2.28. The molecule has 0 radical (unpaired) electrons. The molecule has 0 aliphatic carbocycles. The zero-order valence-electron chi connectivity index (χ0n) is 11.9. The number of likely N-dealkylation sites (tertiary alicyclic amines) is 1. The molecule has 1 aromatic carbocycles. The Morgan fingerprint density at radius 1 is 1.38 bits per heavy atom. The van der Waals surface area contributed by atoms with Crippen molar-refractivity contribution in [2.75, 3.05) is 13.1 Å². The summed E-state index contributed by atoms with van der Waals surface area (Å²) < 4.78 is 0. The average molecular weight is 321 g/mol. The van der Waals surface area contributed by atoms with E-state index in [0.29, 0.717) is 15.8 Å². The van der Waals surface area contributed by atoms with Crippen molar-refractivity contribution >= 4 is 40.5 Å². The number of halogens is 1. The predicted molar refractivity (Wildman–Crippen MR) is 89.4 cm³/mol. The van der Waals surface area contributed by atoms with E-state index in [0.717, 1.165) is 23.8 Å². The van der Waals surface area contributed by atoms with Crippen molar-refractivity contribution in [3.05, 3.63) is 39.8 Å². The summed E-state index contributed by atoms with van der Waals surface area (Å²) in [5.41, 5.74) is 0.971. The van der Waals surface area contributed by atoms with Gasteiger partial charge in [-0.2, -0.15) is 4.99 Å². The molecule has 2 aliphatic heterocycles. The topological polar surface area (TPSA) is 32.7 Å². The molecule has 2 aliphatic rings. The predicted octanol–water partition coefficient (Wildman–Crippen LogP) is 4.04. The van der Waals surface area contributed by atoms with Gasteiger partial charge in [0, 0.05) is 18.1 Å². The highest BCUT2D eigenvalue weighted by atomic mass is 35.5. The molecule has 5 heteroatoms. The first-order valence-electron chi connectivity index (χ1n) is 7.15. The van der Waals surface area contributed by atoms with Crippen LogP contribution in [-0.4, -0.2) is 29.1 Å². The first kappa shape index (κ1) is 14.7. The molecular weight excluding hydrogens is 304 g/mol. The summed E-state index contributed by atoms with van der Waals surface area (Å²) in [6, 6.07) is 7.46. The molecule has 0 bridgehead atoms. The Labute approximate surface area is 134 Å². The number of benzene rings is 1. The molecule has 1 amide bonds. The summed E-state index contributed by atoms with van der Waals surface area (Å²) in [6.45, 7) is 4.24. The summed E-state index contributed by atoms with van der Waals surface area (Å²) in [7, 11) is 0. The zero-order chi connectivity index (χ0) is 14.8. The zero-order valence-corrected chi connectivity index (χ0v) is 13.5. The van der Waals surface area contributed by atoms with Crippen LogP contribution in [0.3, 0.4) is 0 Å². The Balaban J connectivity index is 1.73. The van der Waals surface area contributed by atoms with E-state index < -0.39 is 0 Å². The minimum atomic E-state index is -0.136. The molecule has 0 aromatic heterocycles. The number of amidine groups is 1. The van der Waals surface area contributed by atoms with E-state index >= 15 is 0 Å². The van der Waals surface area contributed by atoms with Gasteiger partial charge in [0.25, 0.3) is 5.91 Å². The van der Waals surface area contributed by atoms with Gasteiger partial charge in [0.05, 0.1) is 4.91 Å². The smallest absolute Gasteiger partial charge is 0.286 e. The van der Waals surface area contributed by atoms with Gasteiger partial charge in [-0.1, -0.05) is 30.7 Å². The molecular formula is C16H17ClN2OS. The largest absolute Gasteiger partial charge is 0.351 e. The summed E-state index contributed by atoms with van der Waals surface area (Å²) in [6.07, 6.45) is 4.31. The molecule has 0 N–H and O–H groups in total. The lowest BCUT2D eigenvalue weighted by Gasteiger charge is -2.31. The van der Waals surface area contributed by atoms with Crippen LogP contribution in [0, 0.1) is 5.92 Å². The van der Waals surface area contributed by atoms with Crippen molar-refractivity contribution in [2.45, 2.75) is 19.8 Å². The molecule has 1 fully saturated rings. The fraction of sp³-hybridized carbons (Fsp3) is 0.375. The number of rotatable bonds is 1. The highest BCUT2D eigenvalue weighted by Crippen LogP contribution is 2.32. The Hall–Kier alpha value is -1.26. The van der Waals surface area contributed by atoms with E-state index in [2.05, 4.69) is 16.8 Å². The number of aliphatic imine (C=N–C) groups is 1. The third-order valence-corrected chi connectivity index (χ3v) is 5.00. The SMILES string of the molecule is C[C@H]1CCCN(C2=NC(=O)/C(=C/c3ccc(Cl)cc3)S2)C1. The molecule has 1 aromatic rings. The van der Waals surface area contributed by atoms with Crippen LogP contribution in [0.1, 0.15) is 25.3 Å². The molecule has 1 atom stereocenters. The van der Waals surface area contributed by atoms with E-state index in [1.807, 2.05) is 30.3 Å². The van der Waals surface area contributed by atoms with Crippen LogP contribution < -0.4 is 0 Å². The van der Waals surface area contributed by atoms with Crippen LogP contribution in [0.25, 0.3) is 6.08 Å². The normalized spacial score (nSPS) is 24.6. The third-order valence-electron chi connectivity index (χ3n) is 3.70. The fourth-order valence-corrected chi connectivity index (χ4v) is 3.68. The molecule has 0 unspecified atom stereocenters. The molecule has 0 spiro atoms. The van der Waals surface area contributed by atoms with Crippen molar-refractivity contribution in [3.63, 3.8) is 0 Å². The minimum Gasteiger partial charge on any atom is -0.351 e. The molecule has 21 heavy (non-hydrogen) atoms. The number of thioether (sulfide) groups is 1. The van der Waals surface area contributed by atoms with E-state index in [1.165, 1.54) is 24.6 Å². The lowest BCUT2D eigenvalue weighted by atomic mass is 10.0. The number of amides is 1. The van der Waals surface area contributed by atoms with Gasteiger partial charge >= 0.3 is 0 Å². The van der Waals surface area contributed by atoms with Gasteiger partial charge in [0.15, 0.2) is 5.17 Å². The van der Waals surface area contributed by atoms with Gasteiger partial charge in [-0.25, -0.2) is 0 Å². The lowest BCUT2D eigenvalue weighted by molar-refractivity contribution is -0.113. The van der Waals surface area contributed by atoms with Crippen LogP contribution >= 0.6 is 23.4 Å². The number of carbonyl (C=O) groups excluding carboxylic acids is 1. The summed E-state index contributed by atoms with van der Waals surface area (Å²) in [5.74, 6) is 0.532. The Morgan fingerprint density at radius 3 is 2.86 bits per heavy atom. The van der Waals surface area contributed by atoms with Crippen molar-refractivity contribution < 1.29 is 4.79 Å². The van der Waals surface area contributed by atoms with Gasteiger partial charge in [-0.05, 0) is 54.3 Å². The van der Waals surface area contributed by atoms with Crippen molar-refractivity contribution in [3.8, 4) is 0 Å². The molecule has 2 heterocycles. The van der Waals surface area contributed by atoms with E-state index in [-0.39, 0.29) is 5.91 Å². The highest BCUT2D eigenvalue weighted by molar-refractivity contribution is 8.18. The van der Waals surface area contributed by atoms with Gasteiger partial charge in [-0.3, -0.25) is 4.79 Å². The molecule has 0 saturated carbocycles. The summed E-state index contributed by atoms with van der Waals surface area (Å²) in [5, 5.41) is 1.55. The average Bonchev–Trinajstić information content (AvgIpc) is 2.83. The number of piperidine rings is 1. The lowest BCUT2D eigenvalue weighted by Crippen LogP contribution is -2.37. The van der Waals surface area contributed by atoms with Crippen molar-refractivity contribution in [1.82, 2.24) is 4.90 Å². The van der Waals surface area contributed by atoms with Crippen LogP contribution in [0.4, 0.5) is 0 Å². The second kappa shape index (κ2) is 6.24. The first-order valence-corrected chi connectivity index (χ1v) is 8.34. The number of hydrogen-bond donors (Lipinski definition) is 0. The van der Waals surface area contributed by atoms with E-state index in [4.69, 9.17) is 11.6 Å². The molecule has 110 valence electrons. The molecule has 3 rings (SSSR count). The first-order chi connectivity index (χ1) is 10.1. The number of nitrogens with zero attached hydrogens (tertiary/aromatic N) is 2. The van der Waals surface area contributed by atoms with Gasteiger partial charge in [-0.15, -0.1) is 0 Å². The van der Waals surface area contributed by atoms with Crippen LogP contribution in [0.2, 0.25) is 5.02 Å². The van der Waals surface area contributed by atoms with Crippen molar-refractivity contribution in [1.29, 1.82) is 0 Å². The Kier molecular flexibility index (Phi) is 4.36. The van der Waals surface area contributed by atoms with Crippen LogP contribution in [0.5, 0.6) is 0 Å².